The minimum absolute atomic E-state index is 0.108. The SMILES string of the molecule is Cc1ccc(F)c(Oc2cc(Br)ccc2C=O)c1. The fourth-order valence-electron chi connectivity index (χ4n) is 1.50. The molecule has 0 unspecified atom stereocenters. The second-order valence-corrected chi connectivity index (χ2v) is 4.75. The first kappa shape index (κ1) is 12.8. The van der Waals surface area contributed by atoms with E-state index in [1.165, 1.54) is 6.07 Å². The zero-order valence-electron chi connectivity index (χ0n) is 9.61. The van der Waals surface area contributed by atoms with Gasteiger partial charge in [-0.15, -0.1) is 0 Å². The second kappa shape index (κ2) is 5.31. The van der Waals surface area contributed by atoms with E-state index >= 15 is 0 Å². The van der Waals surface area contributed by atoms with Crippen LogP contribution in [0.15, 0.2) is 40.9 Å². The molecule has 0 saturated carbocycles. The summed E-state index contributed by atoms with van der Waals surface area (Å²) in [6.07, 6.45) is 0.676. The lowest BCUT2D eigenvalue weighted by molar-refractivity contribution is 0.112. The van der Waals surface area contributed by atoms with Crippen molar-refractivity contribution in [2.45, 2.75) is 6.92 Å². The van der Waals surface area contributed by atoms with Gasteiger partial charge in [0.15, 0.2) is 17.9 Å². The lowest BCUT2D eigenvalue weighted by Crippen LogP contribution is -1.93. The van der Waals surface area contributed by atoms with Gasteiger partial charge in [0, 0.05) is 4.47 Å². The molecule has 0 spiro atoms. The summed E-state index contributed by atoms with van der Waals surface area (Å²) in [7, 11) is 0. The van der Waals surface area contributed by atoms with Crippen molar-refractivity contribution in [2.24, 2.45) is 0 Å². The summed E-state index contributed by atoms with van der Waals surface area (Å²) in [6.45, 7) is 1.84. The molecule has 0 heterocycles. The van der Waals surface area contributed by atoms with Crippen molar-refractivity contribution in [1.29, 1.82) is 0 Å². The second-order valence-electron chi connectivity index (χ2n) is 3.84. The number of carbonyl (C=O) groups excluding carboxylic acids is 1. The summed E-state index contributed by atoms with van der Waals surface area (Å²) in [5, 5.41) is 0. The number of aldehydes is 1. The third kappa shape index (κ3) is 2.76. The van der Waals surface area contributed by atoms with Crippen LogP contribution in [0.2, 0.25) is 0 Å². The Kier molecular flexibility index (Phi) is 3.77. The van der Waals surface area contributed by atoms with Crippen LogP contribution in [-0.4, -0.2) is 6.29 Å². The summed E-state index contributed by atoms with van der Waals surface area (Å²) >= 11 is 3.28. The van der Waals surface area contributed by atoms with Crippen LogP contribution >= 0.6 is 15.9 Å². The maximum atomic E-state index is 13.6. The molecule has 0 aliphatic carbocycles. The summed E-state index contributed by atoms with van der Waals surface area (Å²) in [6, 6.07) is 9.55. The Morgan fingerprint density at radius 1 is 1.17 bits per heavy atom. The maximum Gasteiger partial charge on any atom is 0.165 e. The van der Waals surface area contributed by atoms with Crippen LogP contribution in [0.1, 0.15) is 15.9 Å². The molecule has 4 heteroatoms. The van der Waals surface area contributed by atoms with Crippen molar-refractivity contribution in [2.75, 3.05) is 0 Å². The highest BCUT2D eigenvalue weighted by molar-refractivity contribution is 9.10. The molecule has 0 aliphatic heterocycles. The highest BCUT2D eigenvalue weighted by atomic mass is 79.9. The molecule has 2 rings (SSSR count). The van der Waals surface area contributed by atoms with Gasteiger partial charge in [-0.25, -0.2) is 4.39 Å². The lowest BCUT2D eigenvalue weighted by atomic mass is 10.2. The number of halogens is 2. The van der Waals surface area contributed by atoms with E-state index in [0.717, 1.165) is 10.0 Å². The summed E-state index contributed by atoms with van der Waals surface area (Å²) < 4.78 is 19.8. The molecule has 0 fully saturated rings. The Labute approximate surface area is 113 Å². The number of carbonyl (C=O) groups is 1. The Bertz CT molecular complexity index is 596. The van der Waals surface area contributed by atoms with Crippen LogP contribution in [0, 0.1) is 12.7 Å². The van der Waals surface area contributed by atoms with Gasteiger partial charge >= 0.3 is 0 Å². The van der Waals surface area contributed by atoms with E-state index in [4.69, 9.17) is 4.74 Å². The van der Waals surface area contributed by atoms with E-state index in [-0.39, 0.29) is 5.75 Å². The predicted octanol–water partition coefficient (Wildman–Crippen LogP) is 4.50. The average molecular weight is 309 g/mol. The Balaban J connectivity index is 2.41. The van der Waals surface area contributed by atoms with Crippen LogP contribution in [0.3, 0.4) is 0 Å². The molecule has 0 atom stereocenters. The highest BCUT2D eigenvalue weighted by Crippen LogP contribution is 2.29. The zero-order valence-corrected chi connectivity index (χ0v) is 11.2. The summed E-state index contributed by atoms with van der Waals surface area (Å²) in [5.74, 6) is -0.0301. The van der Waals surface area contributed by atoms with Gasteiger partial charge in [0.1, 0.15) is 5.75 Å². The largest absolute Gasteiger partial charge is 0.453 e. The molecule has 18 heavy (non-hydrogen) atoms. The molecule has 0 radical (unpaired) electrons. The standard InChI is InChI=1S/C14H10BrFO2/c1-9-2-5-12(16)14(6-9)18-13-7-11(15)4-3-10(13)8-17/h2-8H,1H3. The van der Waals surface area contributed by atoms with Gasteiger partial charge in [-0.3, -0.25) is 4.79 Å². The lowest BCUT2D eigenvalue weighted by Gasteiger charge is -2.09. The number of ether oxygens (including phenoxy) is 1. The molecule has 0 aliphatic rings. The fraction of sp³-hybridized carbons (Fsp3) is 0.0714. The van der Waals surface area contributed by atoms with Crippen LogP contribution < -0.4 is 4.74 Å². The number of hydrogen-bond acceptors (Lipinski definition) is 2. The van der Waals surface area contributed by atoms with E-state index in [1.807, 2.05) is 6.92 Å². The number of hydrogen-bond donors (Lipinski definition) is 0. The number of aryl methyl sites for hydroxylation is 1. The van der Waals surface area contributed by atoms with Gasteiger partial charge < -0.3 is 4.74 Å². The molecule has 0 saturated heterocycles. The smallest absolute Gasteiger partial charge is 0.165 e. The van der Waals surface area contributed by atoms with Crippen molar-refractivity contribution in [3.8, 4) is 11.5 Å². The van der Waals surface area contributed by atoms with Crippen molar-refractivity contribution < 1.29 is 13.9 Å². The Morgan fingerprint density at radius 2 is 1.94 bits per heavy atom. The first-order valence-corrected chi connectivity index (χ1v) is 6.08. The molecular formula is C14H10BrFO2. The van der Waals surface area contributed by atoms with E-state index < -0.39 is 5.82 Å². The van der Waals surface area contributed by atoms with Crippen LogP contribution in [0.5, 0.6) is 11.5 Å². The topological polar surface area (TPSA) is 26.3 Å². The molecule has 0 bridgehead atoms. The van der Waals surface area contributed by atoms with E-state index in [2.05, 4.69) is 15.9 Å². The quantitative estimate of drug-likeness (QED) is 0.780. The minimum atomic E-state index is -0.461. The third-order valence-electron chi connectivity index (χ3n) is 2.41. The van der Waals surface area contributed by atoms with Gasteiger partial charge in [0.25, 0.3) is 0 Å². The minimum Gasteiger partial charge on any atom is -0.453 e. The predicted molar refractivity (Wildman–Crippen MR) is 70.7 cm³/mol. The van der Waals surface area contributed by atoms with E-state index in [1.54, 1.807) is 30.3 Å². The zero-order chi connectivity index (χ0) is 13.1. The molecule has 2 aromatic carbocycles. The summed E-state index contributed by atoms with van der Waals surface area (Å²) in [4.78, 5) is 10.9. The first-order chi connectivity index (χ1) is 8.60. The van der Waals surface area contributed by atoms with Gasteiger partial charge in [0.05, 0.1) is 5.56 Å². The average Bonchev–Trinajstić information content (AvgIpc) is 2.34. The maximum absolute atomic E-state index is 13.6. The molecule has 2 aromatic rings. The van der Waals surface area contributed by atoms with Crippen molar-refractivity contribution in [3.63, 3.8) is 0 Å². The molecular weight excluding hydrogens is 299 g/mol. The molecule has 0 amide bonds. The molecule has 92 valence electrons. The summed E-state index contributed by atoms with van der Waals surface area (Å²) in [5.41, 5.74) is 1.26. The Hall–Kier alpha value is -1.68. The third-order valence-corrected chi connectivity index (χ3v) is 2.90. The van der Waals surface area contributed by atoms with Gasteiger partial charge in [-0.05, 0) is 42.8 Å². The Morgan fingerprint density at radius 3 is 2.67 bits per heavy atom. The van der Waals surface area contributed by atoms with Gasteiger partial charge in [0.2, 0.25) is 0 Å². The monoisotopic (exact) mass is 308 g/mol. The fourth-order valence-corrected chi connectivity index (χ4v) is 1.84. The van der Waals surface area contributed by atoms with Crippen LogP contribution in [-0.2, 0) is 0 Å². The molecule has 0 aromatic heterocycles. The molecule has 2 nitrogen and oxygen atoms in total. The number of rotatable bonds is 3. The van der Waals surface area contributed by atoms with E-state index in [9.17, 15) is 9.18 Å². The van der Waals surface area contributed by atoms with Crippen molar-refractivity contribution >= 4 is 22.2 Å². The van der Waals surface area contributed by atoms with Crippen molar-refractivity contribution in [1.82, 2.24) is 0 Å². The van der Waals surface area contributed by atoms with E-state index in [0.29, 0.717) is 17.6 Å². The van der Waals surface area contributed by atoms with Crippen LogP contribution in [0.4, 0.5) is 4.39 Å². The van der Waals surface area contributed by atoms with Gasteiger partial charge in [-0.2, -0.15) is 0 Å². The normalized spacial score (nSPS) is 10.2. The number of benzene rings is 2. The van der Waals surface area contributed by atoms with Gasteiger partial charge in [-0.1, -0.05) is 22.0 Å². The van der Waals surface area contributed by atoms with Crippen molar-refractivity contribution in [3.05, 3.63) is 57.8 Å². The molecule has 0 N–H and O–H groups in total. The first-order valence-electron chi connectivity index (χ1n) is 5.29. The van der Waals surface area contributed by atoms with Crippen LogP contribution in [0.25, 0.3) is 0 Å². The highest BCUT2D eigenvalue weighted by Gasteiger charge is 2.09.